The van der Waals surface area contributed by atoms with Crippen LogP contribution in [0.5, 0.6) is 0 Å². The van der Waals surface area contributed by atoms with Gasteiger partial charge in [0.2, 0.25) is 0 Å². The van der Waals surface area contributed by atoms with Crippen molar-refractivity contribution in [3.05, 3.63) is 27.7 Å². The molecule has 4 heteroatoms. The van der Waals surface area contributed by atoms with Crippen LogP contribution in [0.15, 0.2) is 16.6 Å². The Morgan fingerprint density at radius 1 is 1.13 bits per heavy atom. The number of ether oxygens (including phenoxy) is 2. The molecule has 0 aromatic heterocycles. The van der Waals surface area contributed by atoms with Gasteiger partial charge in [-0.25, -0.2) is 0 Å². The van der Waals surface area contributed by atoms with Crippen LogP contribution in [0.25, 0.3) is 0 Å². The summed E-state index contributed by atoms with van der Waals surface area (Å²) < 4.78 is 13.3. The minimum absolute atomic E-state index is 0.190. The van der Waals surface area contributed by atoms with Crippen molar-refractivity contribution < 1.29 is 9.47 Å². The molecule has 3 nitrogen and oxygen atoms in total. The van der Waals surface area contributed by atoms with Crippen LogP contribution in [0.3, 0.4) is 0 Å². The number of hydrogen-bond acceptors (Lipinski definition) is 3. The summed E-state index contributed by atoms with van der Waals surface area (Å²) >= 11 is 3.70. The molecule has 3 unspecified atom stereocenters. The molecule has 1 aromatic carbocycles. The van der Waals surface area contributed by atoms with Crippen molar-refractivity contribution >= 4 is 21.6 Å². The van der Waals surface area contributed by atoms with Crippen LogP contribution in [0.2, 0.25) is 0 Å². The van der Waals surface area contributed by atoms with Crippen molar-refractivity contribution in [1.82, 2.24) is 0 Å². The van der Waals surface area contributed by atoms with Gasteiger partial charge >= 0.3 is 0 Å². The van der Waals surface area contributed by atoms with Crippen LogP contribution in [0, 0.1) is 5.92 Å². The zero-order valence-electron chi connectivity index (χ0n) is 14.6. The lowest BCUT2D eigenvalue weighted by atomic mass is 9.82. The molecule has 128 valence electrons. The fourth-order valence-corrected chi connectivity index (χ4v) is 4.65. The van der Waals surface area contributed by atoms with Crippen LogP contribution in [-0.2, 0) is 9.47 Å². The van der Waals surface area contributed by atoms with E-state index in [1.165, 1.54) is 16.8 Å². The standard InChI is InChI=1S/C19H28BrNO2/c1-5-22-17-7-8-21-16(12(3)4)11-18(23-6-2)15-10-13(20)9-14(17)19(15)21/h9-10,12,16-18H,5-8,11H2,1-4H3. The van der Waals surface area contributed by atoms with Gasteiger partial charge in [-0.2, -0.15) is 0 Å². The van der Waals surface area contributed by atoms with E-state index < -0.39 is 0 Å². The Bertz CT molecular complexity index is 543. The van der Waals surface area contributed by atoms with Crippen molar-refractivity contribution in [2.45, 2.75) is 58.8 Å². The van der Waals surface area contributed by atoms with E-state index in [0.29, 0.717) is 12.0 Å². The normalized spacial score (nSPS) is 26.5. The van der Waals surface area contributed by atoms with Gasteiger partial charge in [0.1, 0.15) is 0 Å². The molecule has 2 aliphatic heterocycles. The predicted octanol–water partition coefficient (Wildman–Crippen LogP) is 5.24. The molecule has 2 aliphatic rings. The molecule has 0 radical (unpaired) electrons. The molecule has 0 spiro atoms. The fraction of sp³-hybridized carbons (Fsp3) is 0.684. The zero-order chi connectivity index (χ0) is 16.6. The second kappa shape index (κ2) is 7.12. The summed E-state index contributed by atoms with van der Waals surface area (Å²) in [5.74, 6) is 0.617. The molecule has 0 bridgehead atoms. The molecule has 0 N–H and O–H groups in total. The fourth-order valence-electron chi connectivity index (χ4n) is 4.16. The topological polar surface area (TPSA) is 21.7 Å². The molecule has 0 aliphatic carbocycles. The summed E-state index contributed by atoms with van der Waals surface area (Å²) in [5, 5.41) is 0. The Morgan fingerprint density at radius 2 is 1.74 bits per heavy atom. The third-order valence-electron chi connectivity index (χ3n) is 5.11. The maximum atomic E-state index is 6.12. The van der Waals surface area contributed by atoms with Crippen molar-refractivity contribution in [1.29, 1.82) is 0 Å². The van der Waals surface area contributed by atoms with Gasteiger partial charge in [-0.3, -0.25) is 0 Å². The van der Waals surface area contributed by atoms with Gasteiger partial charge in [0.05, 0.1) is 12.2 Å². The van der Waals surface area contributed by atoms with E-state index in [4.69, 9.17) is 9.47 Å². The molecule has 0 amide bonds. The largest absolute Gasteiger partial charge is 0.374 e. The van der Waals surface area contributed by atoms with E-state index in [2.05, 4.69) is 60.7 Å². The Labute approximate surface area is 148 Å². The van der Waals surface area contributed by atoms with Crippen LogP contribution >= 0.6 is 15.9 Å². The van der Waals surface area contributed by atoms with E-state index in [9.17, 15) is 0 Å². The smallest absolute Gasteiger partial charge is 0.0864 e. The van der Waals surface area contributed by atoms with Crippen molar-refractivity contribution in [3.8, 4) is 0 Å². The third-order valence-corrected chi connectivity index (χ3v) is 5.57. The summed E-state index contributed by atoms with van der Waals surface area (Å²) in [7, 11) is 0. The van der Waals surface area contributed by atoms with Crippen LogP contribution in [0.1, 0.15) is 63.9 Å². The molecule has 1 aromatic rings. The van der Waals surface area contributed by atoms with E-state index in [0.717, 1.165) is 37.1 Å². The Hall–Kier alpha value is -0.580. The first kappa shape index (κ1) is 17.2. The van der Waals surface area contributed by atoms with E-state index in [1.54, 1.807) is 0 Å². The number of hydrogen-bond donors (Lipinski definition) is 0. The van der Waals surface area contributed by atoms with Gasteiger partial charge in [0.15, 0.2) is 0 Å². The summed E-state index contributed by atoms with van der Waals surface area (Å²) in [6, 6.07) is 5.04. The first-order valence-corrected chi connectivity index (χ1v) is 9.69. The number of rotatable bonds is 5. The van der Waals surface area contributed by atoms with Gasteiger partial charge < -0.3 is 14.4 Å². The van der Waals surface area contributed by atoms with Gasteiger partial charge in [-0.15, -0.1) is 0 Å². The monoisotopic (exact) mass is 381 g/mol. The summed E-state index contributed by atoms with van der Waals surface area (Å²) in [6.45, 7) is 11.4. The second-order valence-corrected chi connectivity index (χ2v) is 7.77. The summed E-state index contributed by atoms with van der Waals surface area (Å²) in [6.07, 6.45) is 2.54. The van der Waals surface area contributed by atoms with Crippen LogP contribution in [0.4, 0.5) is 5.69 Å². The maximum absolute atomic E-state index is 6.12. The maximum Gasteiger partial charge on any atom is 0.0864 e. The van der Waals surface area contributed by atoms with Crippen molar-refractivity contribution in [2.24, 2.45) is 5.92 Å². The van der Waals surface area contributed by atoms with E-state index >= 15 is 0 Å². The molecule has 23 heavy (non-hydrogen) atoms. The highest BCUT2D eigenvalue weighted by atomic mass is 79.9. The molecular formula is C19H28BrNO2. The average Bonchev–Trinajstić information content (AvgIpc) is 2.51. The molecule has 2 heterocycles. The van der Waals surface area contributed by atoms with Crippen LogP contribution < -0.4 is 4.90 Å². The highest BCUT2D eigenvalue weighted by Crippen LogP contribution is 2.49. The number of anilines is 1. The first-order chi connectivity index (χ1) is 11.1. The quantitative estimate of drug-likeness (QED) is 0.695. The lowest BCUT2D eigenvalue weighted by molar-refractivity contribution is 0.0328. The Balaban J connectivity index is 2.11. The first-order valence-electron chi connectivity index (χ1n) is 8.89. The van der Waals surface area contributed by atoms with Gasteiger partial charge in [-0.1, -0.05) is 29.8 Å². The summed E-state index contributed by atoms with van der Waals surface area (Å²) in [5.41, 5.74) is 4.04. The van der Waals surface area contributed by atoms with Gasteiger partial charge in [0, 0.05) is 47.1 Å². The molecule has 0 saturated carbocycles. The molecule has 3 rings (SSSR count). The molecule has 3 atom stereocenters. The predicted molar refractivity (Wildman–Crippen MR) is 98.1 cm³/mol. The number of nitrogens with zero attached hydrogens (tertiary/aromatic N) is 1. The van der Waals surface area contributed by atoms with Crippen molar-refractivity contribution in [2.75, 3.05) is 24.7 Å². The number of benzene rings is 1. The summed E-state index contributed by atoms with van der Waals surface area (Å²) in [4.78, 5) is 2.62. The second-order valence-electron chi connectivity index (χ2n) is 6.85. The molecular weight excluding hydrogens is 354 g/mol. The van der Waals surface area contributed by atoms with Gasteiger partial charge in [0.25, 0.3) is 0 Å². The molecule has 0 saturated heterocycles. The van der Waals surface area contributed by atoms with E-state index in [1.807, 2.05) is 0 Å². The SMILES string of the molecule is CCOC1CCN2c3c1cc(Br)cc3C(OCC)CC2C(C)C. The zero-order valence-corrected chi connectivity index (χ0v) is 16.2. The van der Waals surface area contributed by atoms with E-state index in [-0.39, 0.29) is 12.2 Å². The number of halogens is 1. The third kappa shape index (κ3) is 3.18. The Morgan fingerprint density at radius 3 is 2.35 bits per heavy atom. The van der Waals surface area contributed by atoms with Crippen LogP contribution in [-0.4, -0.2) is 25.8 Å². The lowest BCUT2D eigenvalue weighted by Crippen LogP contribution is -2.47. The minimum atomic E-state index is 0.190. The van der Waals surface area contributed by atoms with Gasteiger partial charge in [-0.05, 0) is 44.7 Å². The Kier molecular flexibility index (Phi) is 5.34. The van der Waals surface area contributed by atoms with Crippen molar-refractivity contribution in [3.63, 3.8) is 0 Å². The average molecular weight is 382 g/mol. The highest BCUT2D eigenvalue weighted by molar-refractivity contribution is 9.10. The highest BCUT2D eigenvalue weighted by Gasteiger charge is 2.40. The lowest BCUT2D eigenvalue weighted by Gasteiger charge is -2.48. The molecule has 0 fully saturated rings. The minimum Gasteiger partial charge on any atom is -0.374 e.